The number of aliphatic hydroxyl groups excluding tert-OH is 1. The topological polar surface area (TPSA) is 88.3 Å². The number of nitrogens with one attached hydrogen (secondary N) is 1. The summed E-state index contributed by atoms with van der Waals surface area (Å²) in [6.45, 7) is 6.48. The van der Waals surface area contributed by atoms with Gasteiger partial charge in [-0.2, -0.15) is 0 Å². The molecular weight excluding hydrogens is 332 g/mol. The van der Waals surface area contributed by atoms with Crippen molar-refractivity contribution >= 4 is 5.95 Å². The molecule has 0 saturated carbocycles. The van der Waals surface area contributed by atoms with Crippen molar-refractivity contribution in [3.8, 4) is 5.75 Å². The monoisotopic (exact) mass is 360 g/mol. The second-order valence-electron chi connectivity index (χ2n) is 6.65. The number of piperidine rings is 1. The van der Waals surface area contributed by atoms with Gasteiger partial charge in [-0.15, -0.1) is 0 Å². The molecule has 8 nitrogen and oxygen atoms in total. The number of tetrazole rings is 1. The van der Waals surface area contributed by atoms with Gasteiger partial charge in [0.25, 0.3) is 0 Å². The summed E-state index contributed by atoms with van der Waals surface area (Å²) in [5, 5.41) is 24.5. The average Bonchev–Trinajstić information content (AvgIpc) is 3.13. The summed E-state index contributed by atoms with van der Waals surface area (Å²) >= 11 is 0. The van der Waals surface area contributed by atoms with Gasteiger partial charge in [0.2, 0.25) is 5.95 Å². The molecule has 1 aliphatic rings. The van der Waals surface area contributed by atoms with Crippen molar-refractivity contribution in [1.82, 2.24) is 25.1 Å². The fourth-order valence-corrected chi connectivity index (χ4v) is 3.11. The maximum atomic E-state index is 10.1. The van der Waals surface area contributed by atoms with Gasteiger partial charge in [-0.3, -0.25) is 4.90 Å². The van der Waals surface area contributed by atoms with Crippen LogP contribution in [0, 0.1) is 0 Å². The van der Waals surface area contributed by atoms with Crippen LogP contribution in [0.15, 0.2) is 24.3 Å². The number of rotatable bonds is 9. The predicted molar refractivity (Wildman–Crippen MR) is 99.1 cm³/mol. The number of benzene rings is 1. The van der Waals surface area contributed by atoms with Gasteiger partial charge in [-0.05, 0) is 61.0 Å². The second kappa shape index (κ2) is 9.49. The summed E-state index contributed by atoms with van der Waals surface area (Å²) in [4.78, 5) is 2.49. The van der Waals surface area contributed by atoms with Crippen LogP contribution in [0.5, 0.6) is 5.75 Å². The van der Waals surface area contributed by atoms with Crippen LogP contribution in [0.2, 0.25) is 0 Å². The third-order valence-electron chi connectivity index (χ3n) is 4.52. The highest BCUT2D eigenvalue weighted by molar-refractivity contribution is 5.28. The van der Waals surface area contributed by atoms with Crippen LogP contribution in [0.25, 0.3) is 0 Å². The number of likely N-dealkylation sites (tertiary alicyclic amines) is 1. The Morgan fingerprint density at radius 2 is 2.12 bits per heavy atom. The highest BCUT2D eigenvalue weighted by atomic mass is 16.5. The van der Waals surface area contributed by atoms with Crippen molar-refractivity contribution in [2.24, 2.45) is 0 Å². The smallest absolute Gasteiger partial charge is 0.242 e. The van der Waals surface area contributed by atoms with Gasteiger partial charge in [-0.1, -0.05) is 23.7 Å². The Morgan fingerprint density at radius 3 is 2.92 bits per heavy atom. The number of aryl methyl sites for hydroxylation is 1. The first kappa shape index (κ1) is 18.6. The maximum absolute atomic E-state index is 10.1. The molecule has 1 atom stereocenters. The van der Waals surface area contributed by atoms with Gasteiger partial charge in [0.1, 0.15) is 18.5 Å². The van der Waals surface area contributed by atoms with Crippen LogP contribution in [-0.4, -0.2) is 62.6 Å². The molecule has 0 spiro atoms. The Hall–Kier alpha value is -2.19. The molecule has 1 saturated heterocycles. The van der Waals surface area contributed by atoms with Crippen molar-refractivity contribution in [3.63, 3.8) is 0 Å². The van der Waals surface area contributed by atoms with E-state index in [0.29, 0.717) is 19.0 Å². The number of aliphatic hydroxyl groups is 1. The minimum absolute atomic E-state index is 0.216. The molecule has 26 heavy (non-hydrogen) atoms. The molecule has 1 fully saturated rings. The Kier molecular flexibility index (Phi) is 6.79. The molecule has 0 aliphatic carbocycles. The Morgan fingerprint density at radius 1 is 1.27 bits per heavy atom. The molecule has 1 aromatic carbocycles. The van der Waals surface area contributed by atoms with Crippen LogP contribution in [0.4, 0.5) is 5.95 Å². The van der Waals surface area contributed by atoms with E-state index in [1.54, 1.807) is 4.68 Å². The molecule has 0 bridgehead atoms. The van der Waals surface area contributed by atoms with Gasteiger partial charge in [0.05, 0.1) is 0 Å². The number of nitrogens with zero attached hydrogens (tertiary/aromatic N) is 5. The molecule has 142 valence electrons. The number of hydrogen-bond acceptors (Lipinski definition) is 7. The largest absolute Gasteiger partial charge is 0.491 e. The number of anilines is 1. The van der Waals surface area contributed by atoms with E-state index < -0.39 is 6.10 Å². The van der Waals surface area contributed by atoms with Gasteiger partial charge in [0.15, 0.2) is 0 Å². The third kappa shape index (κ3) is 5.40. The SMILES string of the molecule is CCn1nnnc1NCC(O)COc1cccc(CN2CCCCC2)c1. The molecule has 0 radical (unpaired) electrons. The highest BCUT2D eigenvalue weighted by Gasteiger charge is 2.12. The van der Waals surface area contributed by atoms with Crippen molar-refractivity contribution < 1.29 is 9.84 Å². The molecule has 1 unspecified atom stereocenters. The maximum Gasteiger partial charge on any atom is 0.242 e. The minimum atomic E-state index is -0.650. The van der Waals surface area contributed by atoms with Crippen molar-refractivity contribution in [2.75, 3.05) is 31.6 Å². The number of ether oxygens (including phenoxy) is 1. The van der Waals surface area contributed by atoms with E-state index in [0.717, 1.165) is 12.3 Å². The minimum Gasteiger partial charge on any atom is -0.491 e. The van der Waals surface area contributed by atoms with Crippen LogP contribution in [0.3, 0.4) is 0 Å². The van der Waals surface area contributed by atoms with Gasteiger partial charge in [-0.25, -0.2) is 4.68 Å². The van der Waals surface area contributed by atoms with Crippen LogP contribution in [0.1, 0.15) is 31.7 Å². The lowest BCUT2D eigenvalue weighted by Crippen LogP contribution is -2.29. The Labute approximate surface area is 154 Å². The summed E-state index contributed by atoms with van der Waals surface area (Å²) in [7, 11) is 0. The third-order valence-corrected chi connectivity index (χ3v) is 4.52. The molecule has 3 rings (SSSR count). The lowest BCUT2D eigenvalue weighted by Gasteiger charge is -2.26. The van der Waals surface area contributed by atoms with Crippen molar-refractivity contribution in [2.45, 2.75) is 45.4 Å². The average molecular weight is 360 g/mol. The predicted octanol–water partition coefficient (Wildman–Crippen LogP) is 1.53. The van der Waals surface area contributed by atoms with Crippen molar-refractivity contribution in [3.05, 3.63) is 29.8 Å². The summed E-state index contributed by atoms with van der Waals surface area (Å²) < 4.78 is 7.39. The lowest BCUT2D eigenvalue weighted by molar-refractivity contribution is 0.117. The summed E-state index contributed by atoms with van der Waals surface area (Å²) in [5.41, 5.74) is 1.25. The van der Waals surface area contributed by atoms with Gasteiger partial charge in [0, 0.05) is 19.6 Å². The molecule has 2 aromatic rings. The standard InChI is InChI=1S/C18H28N6O2/c1-2-24-18(20-21-22-24)19-12-16(25)14-26-17-8-6-7-15(11-17)13-23-9-4-3-5-10-23/h6-8,11,16,25H,2-5,9-10,12-14H2,1H3,(H,19,20,22). The van der Waals surface area contributed by atoms with E-state index in [1.807, 2.05) is 19.1 Å². The first-order chi connectivity index (χ1) is 12.7. The fourth-order valence-electron chi connectivity index (χ4n) is 3.11. The molecule has 1 aliphatic heterocycles. The van der Waals surface area contributed by atoms with E-state index in [9.17, 15) is 5.11 Å². The molecular formula is C18H28N6O2. The first-order valence-electron chi connectivity index (χ1n) is 9.37. The summed E-state index contributed by atoms with van der Waals surface area (Å²) in [5.74, 6) is 1.34. The van der Waals surface area contributed by atoms with Gasteiger partial charge < -0.3 is 15.2 Å². The van der Waals surface area contributed by atoms with Crippen LogP contribution in [-0.2, 0) is 13.1 Å². The van der Waals surface area contributed by atoms with E-state index in [1.165, 1.54) is 37.9 Å². The zero-order valence-corrected chi connectivity index (χ0v) is 15.3. The van der Waals surface area contributed by atoms with Gasteiger partial charge >= 0.3 is 0 Å². The highest BCUT2D eigenvalue weighted by Crippen LogP contribution is 2.17. The normalized spacial score (nSPS) is 16.4. The fraction of sp³-hybridized carbons (Fsp3) is 0.611. The lowest BCUT2D eigenvalue weighted by atomic mass is 10.1. The van der Waals surface area contributed by atoms with E-state index in [-0.39, 0.29) is 6.61 Å². The molecule has 2 heterocycles. The second-order valence-corrected chi connectivity index (χ2v) is 6.65. The van der Waals surface area contributed by atoms with Crippen LogP contribution >= 0.6 is 0 Å². The van der Waals surface area contributed by atoms with Crippen LogP contribution < -0.4 is 10.1 Å². The first-order valence-corrected chi connectivity index (χ1v) is 9.37. The van der Waals surface area contributed by atoms with Crippen molar-refractivity contribution in [1.29, 1.82) is 0 Å². The van der Waals surface area contributed by atoms with E-state index in [4.69, 9.17) is 4.74 Å². The molecule has 8 heteroatoms. The zero-order chi connectivity index (χ0) is 18.2. The molecule has 2 N–H and O–H groups in total. The molecule has 0 amide bonds. The summed E-state index contributed by atoms with van der Waals surface area (Å²) in [6, 6.07) is 8.13. The zero-order valence-electron chi connectivity index (χ0n) is 15.3. The molecule has 1 aromatic heterocycles. The Balaban J connectivity index is 1.44. The van der Waals surface area contributed by atoms with E-state index >= 15 is 0 Å². The van der Waals surface area contributed by atoms with E-state index in [2.05, 4.69) is 37.9 Å². The Bertz CT molecular complexity index is 671. The number of hydrogen-bond donors (Lipinski definition) is 2. The number of aromatic nitrogens is 4. The quantitative estimate of drug-likeness (QED) is 0.701. The summed E-state index contributed by atoms with van der Waals surface area (Å²) in [6.07, 6.45) is 3.27.